The number of benzene rings is 2. The lowest BCUT2D eigenvalue weighted by Crippen LogP contribution is -2.21. The fourth-order valence-corrected chi connectivity index (χ4v) is 2.54. The van der Waals surface area contributed by atoms with E-state index in [4.69, 9.17) is 5.11 Å². The van der Waals surface area contributed by atoms with Crippen molar-refractivity contribution in [3.8, 4) is 0 Å². The molecule has 2 aromatic rings. The molecule has 3 nitrogen and oxygen atoms in total. The number of nitrogens with zero attached hydrogens (tertiary/aromatic N) is 1. The van der Waals surface area contributed by atoms with E-state index in [1.54, 1.807) is 18.2 Å². The first-order chi connectivity index (χ1) is 9.49. The molecule has 0 saturated heterocycles. The number of carboxylic acid groups (broad SMARTS) is 1. The van der Waals surface area contributed by atoms with Crippen molar-refractivity contribution in [2.75, 3.05) is 14.1 Å². The third-order valence-electron chi connectivity index (χ3n) is 3.15. The van der Waals surface area contributed by atoms with Crippen LogP contribution in [0.3, 0.4) is 0 Å². The lowest BCUT2D eigenvalue weighted by Gasteiger charge is -2.25. The molecule has 0 aliphatic heterocycles. The van der Waals surface area contributed by atoms with E-state index in [2.05, 4.69) is 20.8 Å². The molecule has 1 atom stereocenters. The van der Waals surface area contributed by atoms with E-state index in [0.29, 0.717) is 5.56 Å². The zero-order chi connectivity index (χ0) is 14.7. The molecule has 104 valence electrons. The standard InChI is InChI=1S/C16H16BrNO2/c1-18(2)15(11-6-8-14(17)9-7-11)12-4-3-5-13(10-12)16(19)20/h3-10,15H,1-2H3,(H,19,20). The van der Waals surface area contributed by atoms with Crippen molar-refractivity contribution >= 4 is 21.9 Å². The molecule has 0 fully saturated rings. The normalized spacial score (nSPS) is 12.4. The Kier molecular flexibility index (Phi) is 4.57. The van der Waals surface area contributed by atoms with Crippen molar-refractivity contribution in [1.29, 1.82) is 0 Å². The molecule has 0 amide bonds. The van der Waals surface area contributed by atoms with Gasteiger partial charge in [-0.15, -0.1) is 0 Å². The monoisotopic (exact) mass is 333 g/mol. The highest BCUT2D eigenvalue weighted by Gasteiger charge is 2.17. The van der Waals surface area contributed by atoms with Gasteiger partial charge >= 0.3 is 5.97 Å². The molecule has 0 spiro atoms. The van der Waals surface area contributed by atoms with Gasteiger partial charge < -0.3 is 5.11 Å². The maximum atomic E-state index is 11.1. The van der Waals surface area contributed by atoms with Crippen molar-refractivity contribution in [3.63, 3.8) is 0 Å². The van der Waals surface area contributed by atoms with Crippen LogP contribution in [0.15, 0.2) is 53.0 Å². The van der Waals surface area contributed by atoms with Crippen molar-refractivity contribution in [2.45, 2.75) is 6.04 Å². The Morgan fingerprint density at radius 1 is 1.10 bits per heavy atom. The molecule has 0 aliphatic carbocycles. The zero-order valence-corrected chi connectivity index (χ0v) is 13.0. The molecule has 2 aromatic carbocycles. The van der Waals surface area contributed by atoms with E-state index < -0.39 is 5.97 Å². The Balaban J connectivity index is 2.46. The van der Waals surface area contributed by atoms with Crippen molar-refractivity contribution < 1.29 is 9.90 Å². The van der Waals surface area contributed by atoms with Crippen molar-refractivity contribution in [3.05, 3.63) is 69.7 Å². The van der Waals surface area contributed by atoms with Gasteiger partial charge in [0.05, 0.1) is 11.6 Å². The topological polar surface area (TPSA) is 40.5 Å². The summed E-state index contributed by atoms with van der Waals surface area (Å²) in [5, 5.41) is 9.12. The second-order valence-corrected chi connectivity index (χ2v) is 5.76. The second kappa shape index (κ2) is 6.20. The van der Waals surface area contributed by atoms with Crippen molar-refractivity contribution in [2.24, 2.45) is 0 Å². The zero-order valence-electron chi connectivity index (χ0n) is 11.4. The molecule has 0 heterocycles. The molecular weight excluding hydrogens is 318 g/mol. The summed E-state index contributed by atoms with van der Waals surface area (Å²) < 4.78 is 1.03. The average molecular weight is 334 g/mol. The molecule has 0 aliphatic rings. The fourth-order valence-electron chi connectivity index (χ4n) is 2.28. The predicted molar refractivity (Wildman–Crippen MR) is 83.1 cm³/mol. The highest BCUT2D eigenvalue weighted by atomic mass is 79.9. The van der Waals surface area contributed by atoms with Gasteiger partial charge in [-0.05, 0) is 49.5 Å². The summed E-state index contributed by atoms with van der Waals surface area (Å²) >= 11 is 3.43. The number of carboxylic acids is 1. The molecule has 0 aromatic heterocycles. The molecule has 4 heteroatoms. The Morgan fingerprint density at radius 3 is 2.30 bits per heavy atom. The summed E-state index contributed by atoms with van der Waals surface area (Å²) in [5.74, 6) is -0.903. The highest BCUT2D eigenvalue weighted by Crippen LogP contribution is 2.28. The van der Waals surface area contributed by atoms with Gasteiger partial charge in [0, 0.05) is 4.47 Å². The first kappa shape index (κ1) is 14.8. The quantitative estimate of drug-likeness (QED) is 0.925. The largest absolute Gasteiger partial charge is 0.478 e. The molecule has 0 radical (unpaired) electrons. The van der Waals surface area contributed by atoms with Gasteiger partial charge in [0.15, 0.2) is 0 Å². The maximum absolute atomic E-state index is 11.1. The first-order valence-corrected chi connectivity index (χ1v) is 7.03. The number of halogens is 1. The lowest BCUT2D eigenvalue weighted by molar-refractivity contribution is 0.0696. The molecule has 20 heavy (non-hydrogen) atoms. The van der Waals surface area contributed by atoms with E-state index >= 15 is 0 Å². The van der Waals surface area contributed by atoms with Gasteiger partial charge in [-0.25, -0.2) is 4.79 Å². The Labute approximate surface area is 127 Å². The van der Waals surface area contributed by atoms with Crippen LogP contribution in [0, 0.1) is 0 Å². The van der Waals surface area contributed by atoms with Gasteiger partial charge in [-0.3, -0.25) is 4.90 Å². The molecule has 2 rings (SSSR count). The van der Waals surface area contributed by atoms with Crippen LogP contribution in [0.5, 0.6) is 0 Å². The first-order valence-electron chi connectivity index (χ1n) is 6.24. The minimum Gasteiger partial charge on any atom is -0.478 e. The van der Waals surface area contributed by atoms with E-state index in [-0.39, 0.29) is 6.04 Å². The summed E-state index contributed by atoms with van der Waals surface area (Å²) in [6.45, 7) is 0. The van der Waals surface area contributed by atoms with Crippen LogP contribution in [0.4, 0.5) is 0 Å². The van der Waals surface area contributed by atoms with E-state index in [0.717, 1.165) is 15.6 Å². The van der Waals surface area contributed by atoms with Crippen LogP contribution in [-0.4, -0.2) is 30.1 Å². The van der Waals surface area contributed by atoms with Crippen LogP contribution in [0.1, 0.15) is 27.5 Å². The van der Waals surface area contributed by atoms with Gasteiger partial charge in [-0.2, -0.15) is 0 Å². The van der Waals surface area contributed by atoms with E-state index in [1.165, 1.54) is 0 Å². The lowest BCUT2D eigenvalue weighted by atomic mass is 9.96. The number of hydrogen-bond donors (Lipinski definition) is 1. The van der Waals surface area contributed by atoms with Crippen LogP contribution >= 0.6 is 15.9 Å². The summed E-state index contributed by atoms with van der Waals surface area (Å²) in [6, 6.07) is 15.2. The van der Waals surface area contributed by atoms with Crippen LogP contribution in [0.25, 0.3) is 0 Å². The molecule has 1 unspecified atom stereocenters. The summed E-state index contributed by atoms with van der Waals surface area (Å²) in [7, 11) is 3.97. The molecule has 0 bridgehead atoms. The Hall–Kier alpha value is -1.65. The van der Waals surface area contributed by atoms with Gasteiger partial charge in [-0.1, -0.05) is 40.2 Å². The van der Waals surface area contributed by atoms with E-state index in [9.17, 15) is 4.79 Å². The second-order valence-electron chi connectivity index (χ2n) is 4.85. The number of hydrogen-bond acceptors (Lipinski definition) is 2. The van der Waals surface area contributed by atoms with Crippen LogP contribution in [-0.2, 0) is 0 Å². The third-order valence-corrected chi connectivity index (χ3v) is 3.68. The molecule has 1 N–H and O–H groups in total. The smallest absolute Gasteiger partial charge is 0.335 e. The Morgan fingerprint density at radius 2 is 1.75 bits per heavy atom. The Bertz CT molecular complexity index is 608. The van der Waals surface area contributed by atoms with E-state index in [1.807, 2.05) is 44.4 Å². The van der Waals surface area contributed by atoms with Gasteiger partial charge in [0.25, 0.3) is 0 Å². The summed E-state index contributed by atoms with van der Waals surface area (Å²) in [4.78, 5) is 13.2. The van der Waals surface area contributed by atoms with Gasteiger partial charge in [0.2, 0.25) is 0 Å². The van der Waals surface area contributed by atoms with Crippen molar-refractivity contribution in [1.82, 2.24) is 4.90 Å². The number of carbonyl (C=O) groups is 1. The number of aromatic carboxylic acids is 1. The van der Waals surface area contributed by atoms with Crippen LogP contribution in [0.2, 0.25) is 0 Å². The maximum Gasteiger partial charge on any atom is 0.335 e. The minimum absolute atomic E-state index is 0.0300. The minimum atomic E-state index is -0.903. The average Bonchev–Trinajstić information content (AvgIpc) is 2.41. The SMILES string of the molecule is CN(C)C(c1ccc(Br)cc1)c1cccc(C(=O)O)c1. The molecule has 0 saturated carbocycles. The molecular formula is C16H16BrNO2. The highest BCUT2D eigenvalue weighted by molar-refractivity contribution is 9.10. The predicted octanol–water partition coefficient (Wildman–Crippen LogP) is 3.80. The van der Waals surface area contributed by atoms with Gasteiger partial charge in [0.1, 0.15) is 0 Å². The fraction of sp³-hybridized carbons (Fsp3) is 0.188. The summed E-state index contributed by atoms with van der Waals surface area (Å²) in [6.07, 6.45) is 0. The van der Waals surface area contributed by atoms with Crippen LogP contribution < -0.4 is 0 Å². The third kappa shape index (κ3) is 3.26. The number of rotatable bonds is 4. The summed E-state index contributed by atoms with van der Waals surface area (Å²) in [5.41, 5.74) is 2.41.